The molecular weight excluding hydrogens is 404 g/mol. The first kappa shape index (κ1) is 16.5. The van der Waals surface area contributed by atoms with Gasteiger partial charge in [0.25, 0.3) is 0 Å². The van der Waals surface area contributed by atoms with Gasteiger partial charge in [0.05, 0.1) is 25.3 Å². The normalized spacial score (nSPS) is 18.5. The van der Waals surface area contributed by atoms with E-state index in [1.165, 1.54) is 7.11 Å². The van der Waals surface area contributed by atoms with E-state index in [0.29, 0.717) is 6.54 Å². The largest absolute Gasteiger partial charge is 0.469 e. The standard InChI is InChI=1S/C14H16Br2N2O3/c1-21-14(20)9-4-5-18(7-9)8-13(19)17-12-3-2-10(15)6-11(12)16/h2-3,6,9H,4-5,7-8H2,1H3,(H,17,19). The molecule has 0 radical (unpaired) electrons. The van der Waals surface area contributed by atoms with E-state index in [2.05, 4.69) is 37.2 Å². The van der Waals surface area contributed by atoms with Crippen molar-refractivity contribution >= 4 is 49.4 Å². The Hall–Kier alpha value is -0.920. The molecule has 1 aromatic rings. The Labute approximate surface area is 140 Å². The summed E-state index contributed by atoms with van der Waals surface area (Å²) in [5, 5.41) is 2.86. The van der Waals surface area contributed by atoms with Crippen molar-refractivity contribution in [2.24, 2.45) is 5.92 Å². The Balaban J connectivity index is 1.87. The van der Waals surface area contributed by atoms with E-state index in [-0.39, 0.29) is 24.3 Å². The van der Waals surface area contributed by atoms with Gasteiger partial charge in [0.15, 0.2) is 0 Å². The summed E-state index contributed by atoms with van der Waals surface area (Å²) in [6, 6.07) is 5.57. The zero-order valence-electron chi connectivity index (χ0n) is 11.6. The number of hydrogen-bond donors (Lipinski definition) is 1. The number of hydrogen-bond acceptors (Lipinski definition) is 4. The van der Waals surface area contributed by atoms with Crippen LogP contribution in [0.1, 0.15) is 6.42 Å². The highest BCUT2D eigenvalue weighted by molar-refractivity contribution is 9.11. The molecule has 114 valence electrons. The smallest absolute Gasteiger partial charge is 0.310 e. The number of amides is 1. The average Bonchev–Trinajstić information content (AvgIpc) is 2.89. The molecule has 7 heteroatoms. The molecule has 1 heterocycles. The number of nitrogens with one attached hydrogen (secondary N) is 1. The van der Waals surface area contributed by atoms with Crippen LogP contribution in [0.15, 0.2) is 27.1 Å². The maximum atomic E-state index is 12.1. The average molecular weight is 420 g/mol. The van der Waals surface area contributed by atoms with E-state index in [9.17, 15) is 9.59 Å². The molecule has 5 nitrogen and oxygen atoms in total. The highest BCUT2D eigenvalue weighted by atomic mass is 79.9. The molecule has 1 aliphatic heterocycles. The Bertz CT molecular complexity index is 551. The molecule has 1 amide bonds. The monoisotopic (exact) mass is 418 g/mol. The van der Waals surface area contributed by atoms with Crippen LogP contribution < -0.4 is 5.32 Å². The van der Waals surface area contributed by atoms with Gasteiger partial charge in [-0.1, -0.05) is 15.9 Å². The molecule has 0 aromatic heterocycles. The second-order valence-corrected chi connectivity index (χ2v) is 6.69. The summed E-state index contributed by atoms with van der Waals surface area (Å²) in [6.07, 6.45) is 0.738. The topological polar surface area (TPSA) is 58.6 Å². The molecule has 0 aliphatic carbocycles. The van der Waals surface area contributed by atoms with E-state index in [4.69, 9.17) is 4.74 Å². The lowest BCUT2D eigenvalue weighted by molar-refractivity contribution is -0.145. The molecule has 0 saturated carbocycles. The van der Waals surface area contributed by atoms with Gasteiger partial charge in [0.2, 0.25) is 5.91 Å². The molecule has 1 saturated heterocycles. The summed E-state index contributed by atoms with van der Waals surface area (Å²) in [6.45, 7) is 1.58. The number of ether oxygens (including phenoxy) is 1. The summed E-state index contributed by atoms with van der Waals surface area (Å²) in [5.41, 5.74) is 0.729. The molecule has 0 bridgehead atoms. The number of anilines is 1. The molecule has 1 aromatic carbocycles. The van der Waals surface area contributed by atoms with Crippen molar-refractivity contribution in [3.8, 4) is 0 Å². The fourth-order valence-corrected chi connectivity index (χ4v) is 3.47. The predicted molar refractivity (Wildman–Crippen MR) is 87.0 cm³/mol. The minimum Gasteiger partial charge on any atom is -0.469 e. The van der Waals surface area contributed by atoms with Gasteiger partial charge in [0, 0.05) is 15.5 Å². The number of esters is 1. The van der Waals surface area contributed by atoms with Crippen LogP contribution in [0, 0.1) is 5.92 Å². The van der Waals surface area contributed by atoms with E-state index in [0.717, 1.165) is 27.6 Å². The number of nitrogens with zero attached hydrogens (tertiary/aromatic N) is 1. The van der Waals surface area contributed by atoms with Crippen LogP contribution in [-0.4, -0.2) is 43.5 Å². The molecule has 0 spiro atoms. The number of benzene rings is 1. The summed E-state index contributed by atoms with van der Waals surface area (Å²) >= 11 is 6.77. The second-order valence-electron chi connectivity index (χ2n) is 4.92. The zero-order valence-corrected chi connectivity index (χ0v) is 14.7. The first-order valence-electron chi connectivity index (χ1n) is 6.54. The van der Waals surface area contributed by atoms with Crippen molar-refractivity contribution in [3.63, 3.8) is 0 Å². The lowest BCUT2D eigenvalue weighted by Crippen LogP contribution is -2.32. The van der Waals surface area contributed by atoms with Gasteiger partial charge >= 0.3 is 5.97 Å². The summed E-state index contributed by atoms with van der Waals surface area (Å²) in [7, 11) is 1.39. The van der Waals surface area contributed by atoms with Gasteiger partial charge in [0.1, 0.15) is 0 Å². The van der Waals surface area contributed by atoms with E-state index < -0.39 is 0 Å². The highest BCUT2D eigenvalue weighted by Crippen LogP contribution is 2.26. The number of likely N-dealkylation sites (tertiary alicyclic amines) is 1. The molecule has 21 heavy (non-hydrogen) atoms. The Morgan fingerprint density at radius 2 is 2.19 bits per heavy atom. The van der Waals surface area contributed by atoms with Gasteiger partial charge in [-0.25, -0.2) is 0 Å². The minimum atomic E-state index is -0.200. The lowest BCUT2D eigenvalue weighted by atomic mass is 10.1. The van der Waals surface area contributed by atoms with Crippen LogP contribution in [0.3, 0.4) is 0 Å². The number of carbonyl (C=O) groups excluding carboxylic acids is 2. The van der Waals surface area contributed by atoms with Gasteiger partial charge in [-0.15, -0.1) is 0 Å². The van der Waals surface area contributed by atoms with Gasteiger partial charge < -0.3 is 10.1 Å². The second kappa shape index (κ2) is 7.38. The molecule has 1 aliphatic rings. The maximum absolute atomic E-state index is 12.1. The number of rotatable bonds is 4. The van der Waals surface area contributed by atoms with Crippen LogP contribution in [-0.2, 0) is 14.3 Å². The Morgan fingerprint density at radius 1 is 1.43 bits per heavy atom. The molecule has 1 atom stereocenters. The minimum absolute atomic E-state index is 0.0939. The van der Waals surface area contributed by atoms with Crippen molar-refractivity contribution in [1.82, 2.24) is 4.90 Å². The van der Waals surface area contributed by atoms with Crippen molar-refractivity contribution in [2.45, 2.75) is 6.42 Å². The molecular formula is C14H16Br2N2O3. The van der Waals surface area contributed by atoms with Crippen molar-refractivity contribution < 1.29 is 14.3 Å². The van der Waals surface area contributed by atoms with Crippen molar-refractivity contribution in [3.05, 3.63) is 27.1 Å². The maximum Gasteiger partial charge on any atom is 0.310 e. The van der Waals surface area contributed by atoms with E-state index in [1.807, 2.05) is 23.1 Å². The number of carbonyl (C=O) groups is 2. The summed E-state index contributed by atoms with van der Waals surface area (Å²) in [5.74, 6) is -0.417. The van der Waals surface area contributed by atoms with Gasteiger partial charge in [-0.05, 0) is 47.1 Å². The number of halogens is 2. The quantitative estimate of drug-likeness (QED) is 0.762. The van der Waals surface area contributed by atoms with Crippen LogP contribution in [0.5, 0.6) is 0 Å². The third kappa shape index (κ3) is 4.52. The molecule has 1 fully saturated rings. The van der Waals surface area contributed by atoms with Gasteiger partial charge in [-0.2, -0.15) is 0 Å². The highest BCUT2D eigenvalue weighted by Gasteiger charge is 2.29. The SMILES string of the molecule is COC(=O)C1CCN(CC(=O)Nc2ccc(Br)cc2Br)C1. The lowest BCUT2D eigenvalue weighted by Gasteiger charge is -2.15. The Morgan fingerprint density at radius 3 is 2.86 bits per heavy atom. The number of methoxy groups -OCH3 is 1. The fourth-order valence-electron chi connectivity index (χ4n) is 2.32. The van der Waals surface area contributed by atoms with Gasteiger partial charge in [-0.3, -0.25) is 14.5 Å². The van der Waals surface area contributed by atoms with Crippen LogP contribution >= 0.6 is 31.9 Å². The van der Waals surface area contributed by atoms with Crippen LogP contribution in [0.25, 0.3) is 0 Å². The van der Waals surface area contributed by atoms with Crippen molar-refractivity contribution in [2.75, 3.05) is 32.1 Å². The third-order valence-corrected chi connectivity index (χ3v) is 4.53. The molecule has 2 rings (SSSR count). The van der Waals surface area contributed by atoms with E-state index in [1.54, 1.807) is 0 Å². The first-order chi connectivity index (χ1) is 9.99. The fraction of sp³-hybridized carbons (Fsp3) is 0.429. The predicted octanol–water partition coefficient (Wildman–Crippen LogP) is 2.65. The molecule has 1 unspecified atom stereocenters. The Kier molecular flexibility index (Phi) is 5.78. The molecule has 1 N–H and O–H groups in total. The van der Waals surface area contributed by atoms with Crippen LogP contribution in [0.4, 0.5) is 5.69 Å². The van der Waals surface area contributed by atoms with Crippen LogP contribution in [0.2, 0.25) is 0 Å². The first-order valence-corrected chi connectivity index (χ1v) is 8.13. The summed E-state index contributed by atoms with van der Waals surface area (Å²) < 4.78 is 6.49. The summed E-state index contributed by atoms with van der Waals surface area (Å²) in [4.78, 5) is 25.5. The third-order valence-electron chi connectivity index (χ3n) is 3.38. The zero-order chi connectivity index (χ0) is 15.4. The van der Waals surface area contributed by atoms with E-state index >= 15 is 0 Å². The van der Waals surface area contributed by atoms with Crippen molar-refractivity contribution in [1.29, 1.82) is 0 Å².